The Labute approximate surface area is 202 Å². The number of benzene rings is 2. The van der Waals surface area contributed by atoms with Crippen molar-refractivity contribution in [1.82, 2.24) is 20.3 Å². The fourth-order valence-electron chi connectivity index (χ4n) is 3.47. The smallest absolute Gasteiger partial charge is 0.301 e. The lowest BCUT2D eigenvalue weighted by molar-refractivity contribution is -0.120. The Kier molecular flexibility index (Phi) is 6.61. The molecule has 0 fully saturated rings. The Morgan fingerprint density at radius 1 is 1.06 bits per heavy atom. The number of rotatable bonds is 8. The molecule has 2 aromatic carbocycles. The molecule has 0 bridgehead atoms. The molecule has 0 saturated carbocycles. The summed E-state index contributed by atoms with van der Waals surface area (Å²) in [6, 6.07) is 17.0. The number of carbonyl (C=O) groups excluding carboxylic acids is 1. The largest absolute Gasteiger partial charge is 0.497 e. The van der Waals surface area contributed by atoms with Gasteiger partial charge in [0.1, 0.15) is 23.1 Å². The molecule has 1 amide bonds. The van der Waals surface area contributed by atoms with Crippen LogP contribution in [0.25, 0.3) is 11.2 Å². The van der Waals surface area contributed by atoms with Crippen LogP contribution < -0.4 is 19.5 Å². The number of aromatic nitrogens is 3. The number of aromatic amines is 1. The van der Waals surface area contributed by atoms with Gasteiger partial charge in [-0.05, 0) is 55.3 Å². The van der Waals surface area contributed by atoms with Gasteiger partial charge in [0.2, 0.25) is 11.8 Å². The van der Waals surface area contributed by atoms with E-state index in [0.29, 0.717) is 28.5 Å². The molecule has 176 valence electrons. The number of carbonyl (C=O) groups is 1. The summed E-state index contributed by atoms with van der Waals surface area (Å²) in [4.78, 5) is 23.3. The molecule has 0 radical (unpaired) electrons. The van der Waals surface area contributed by atoms with Gasteiger partial charge in [0.05, 0.1) is 18.2 Å². The van der Waals surface area contributed by atoms with Crippen molar-refractivity contribution in [2.24, 2.45) is 0 Å². The van der Waals surface area contributed by atoms with Gasteiger partial charge in [0.15, 0.2) is 5.65 Å². The fourth-order valence-corrected chi connectivity index (χ4v) is 3.67. The Morgan fingerprint density at radius 2 is 1.74 bits per heavy atom. The lowest BCUT2D eigenvalue weighted by atomic mass is 9.94. The minimum atomic E-state index is -0.493. The number of pyridine rings is 1. The molecular weight excluding hydrogens is 456 g/mol. The lowest BCUT2D eigenvalue weighted by Gasteiger charge is -2.26. The topological polar surface area (TPSA) is 98.4 Å². The zero-order chi connectivity index (χ0) is 24.3. The van der Waals surface area contributed by atoms with Crippen LogP contribution in [0.1, 0.15) is 31.9 Å². The van der Waals surface area contributed by atoms with Crippen molar-refractivity contribution in [3.8, 4) is 23.4 Å². The van der Waals surface area contributed by atoms with Crippen LogP contribution in [0.3, 0.4) is 0 Å². The zero-order valence-corrected chi connectivity index (χ0v) is 20.1. The highest BCUT2D eigenvalue weighted by Crippen LogP contribution is 2.30. The maximum atomic E-state index is 11.4. The lowest BCUT2D eigenvalue weighted by Crippen LogP contribution is -2.39. The van der Waals surface area contributed by atoms with Crippen LogP contribution in [0.5, 0.6) is 23.4 Å². The second-order valence-corrected chi connectivity index (χ2v) is 8.67. The molecule has 2 aromatic heterocycles. The molecular formula is C25H25ClN4O4. The second kappa shape index (κ2) is 9.61. The number of nitrogens with one attached hydrogen (secondary N) is 2. The van der Waals surface area contributed by atoms with E-state index < -0.39 is 5.54 Å². The summed E-state index contributed by atoms with van der Waals surface area (Å²) in [6.45, 7) is 5.67. The highest BCUT2D eigenvalue weighted by molar-refractivity contribution is 6.32. The van der Waals surface area contributed by atoms with Gasteiger partial charge in [-0.2, -0.15) is 9.97 Å². The Hall–Kier alpha value is -3.78. The van der Waals surface area contributed by atoms with Crippen LogP contribution in [0.2, 0.25) is 5.02 Å². The van der Waals surface area contributed by atoms with Gasteiger partial charge in [-0.3, -0.25) is 4.79 Å². The van der Waals surface area contributed by atoms with E-state index in [1.54, 1.807) is 13.2 Å². The number of H-pyrrole nitrogens is 1. The van der Waals surface area contributed by atoms with Crippen molar-refractivity contribution in [1.29, 1.82) is 0 Å². The van der Waals surface area contributed by atoms with Crippen molar-refractivity contribution in [3.63, 3.8) is 0 Å². The highest BCUT2D eigenvalue weighted by atomic mass is 35.5. The highest BCUT2D eigenvalue weighted by Gasteiger charge is 2.21. The van der Waals surface area contributed by atoms with E-state index in [1.165, 1.54) is 6.92 Å². The van der Waals surface area contributed by atoms with Gasteiger partial charge < -0.3 is 24.5 Å². The van der Waals surface area contributed by atoms with E-state index in [4.69, 9.17) is 25.8 Å². The van der Waals surface area contributed by atoms with Gasteiger partial charge in [0.25, 0.3) is 0 Å². The second-order valence-electron chi connectivity index (χ2n) is 8.26. The van der Waals surface area contributed by atoms with Crippen molar-refractivity contribution in [3.05, 3.63) is 70.7 Å². The third kappa shape index (κ3) is 5.40. The predicted molar refractivity (Wildman–Crippen MR) is 130 cm³/mol. The average molecular weight is 481 g/mol. The van der Waals surface area contributed by atoms with Crippen molar-refractivity contribution in [2.75, 3.05) is 7.11 Å². The number of hydrogen-bond donors (Lipinski definition) is 2. The number of imidazole rings is 1. The summed E-state index contributed by atoms with van der Waals surface area (Å²) < 4.78 is 16.8. The number of methoxy groups -OCH3 is 1. The van der Waals surface area contributed by atoms with Gasteiger partial charge in [0, 0.05) is 6.92 Å². The SMILES string of the molecule is COc1ccc(COc2nc3nc(Oc4ccc(C(C)(C)NC(C)=O)cc4)[nH]c3cc2Cl)cc1. The van der Waals surface area contributed by atoms with E-state index in [-0.39, 0.29) is 17.8 Å². The molecule has 4 aromatic rings. The standard InChI is InChI=1S/C25H25ClN4O4/c1-15(31)30-25(2,3)17-7-11-19(12-8-17)34-24-27-21-13-20(26)23(28-22(21)29-24)33-14-16-5-9-18(32-4)10-6-16/h5-13H,14H2,1-4H3,(H,30,31)(H,27,28,29). The van der Waals surface area contributed by atoms with E-state index in [0.717, 1.165) is 16.9 Å². The van der Waals surface area contributed by atoms with E-state index in [2.05, 4.69) is 20.3 Å². The molecule has 0 unspecified atom stereocenters. The molecule has 0 aliphatic rings. The van der Waals surface area contributed by atoms with Crippen molar-refractivity contribution in [2.45, 2.75) is 32.9 Å². The van der Waals surface area contributed by atoms with Crippen LogP contribution in [-0.2, 0) is 16.9 Å². The van der Waals surface area contributed by atoms with Crippen LogP contribution in [-0.4, -0.2) is 28.0 Å². The molecule has 9 heteroatoms. The fraction of sp³-hybridized carbons (Fsp3) is 0.240. The van der Waals surface area contributed by atoms with Crippen LogP contribution in [0.4, 0.5) is 0 Å². The quantitative estimate of drug-likeness (QED) is 0.352. The number of nitrogens with zero attached hydrogens (tertiary/aromatic N) is 2. The minimum Gasteiger partial charge on any atom is -0.497 e. The molecule has 0 spiro atoms. The molecule has 0 saturated heterocycles. The predicted octanol–water partition coefficient (Wildman–Crippen LogP) is 5.36. The monoisotopic (exact) mass is 480 g/mol. The Bertz CT molecular complexity index is 1300. The van der Waals surface area contributed by atoms with Crippen LogP contribution in [0.15, 0.2) is 54.6 Å². The van der Waals surface area contributed by atoms with Crippen molar-refractivity contribution >= 4 is 28.7 Å². The first kappa shape index (κ1) is 23.4. The molecule has 34 heavy (non-hydrogen) atoms. The molecule has 2 N–H and O–H groups in total. The molecule has 0 atom stereocenters. The number of halogens is 1. The normalized spacial score (nSPS) is 11.3. The molecule has 4 rings (SSSR count). The third-order valence-electron chi connectivity index (χ3n) is 5.19. The third-order valence-corrected chi connectivity index (χ3v) is 5.46. The number of ether oxygens (including phenoxy) is 3. The summed E-state index contributed by atoms with van der Waals surface area (Å²) in [6.07, 6.45) is 0. The summed E-state index contributed by atoms with van der Waals surface area (Å²) in [5.41, 5.74) is 2.46. The molecule has 2 heterocycles. The summed E-state index contributed by atoms with van der Waals surface area (Å²) in [5.74, 6) is 1.55. The number of hydrogen-bond acceptors (Lipinski definition) is 6. The minimum absolute atomic E-state index is 0.0916. The molecule has 8 nitrogen and oxygen atoms in total. The van der Waals surface area contributed by atoms with Gasteiger partial charge in [-0.1, -0.05) is 35.9 Å². The van der Waals surface area contributed by atoms with Crippen molar-refractivity contribution < 1.29 is 19.0 Å². The van der Waals surface area contributed by atoms with E-state index >= 15 is 0 Å². The summed E-state index contributed by atoms with van der Waals surface area (Å²) in [5, 5.41) is 3.28. The summed E-state index contributed by atoms with van der Waals surface area (Å²) in [7, 11) is 1.62. The molecule has 0 aliphatic carbocycles. The van der Waals surface area contributed by atoms with Crippen LogP contribution >= 0.6 is 11.6 Å². The average Bonchev–Trinajstić information content (AvgIpc) is 3.18. The Morgan fingerprint density at radius 3 is 2.38 bits per heavy atom. The molecule has 0 aliphatic heterocycles. The number of amides is 1. The maximum Gasteiger partial charge on any atom is 0.301 e. The summed E-state index contributed by atoms with van der Waals surface area (Å²) >= 11 is 6.36. The number of fused-ring (bicyclic) bond motifs is 1. The maximum absolute atomic E-state index is 11.4. The van der Waals surface area contributed by atoms with E-state index in [1.807, 2.05) is 62.4 Å². The first-order chi connectivity index (χ1) is 16.2. The first-order valence-electron chi connectivity index (χ1n) is 10.6. The first-order valence-corrected chi connectivity index (χ1v) is 11.0. The van der Waals surface area contributed by atoms with Gasteiger partial charge >= 0.3 is 6.01 Å². The zero-order valence-electron chi connectivity index (χ0n) is 19.3. The van der Waals surface area contributed by atoms with Gasteiger partial charge in [-0.15, -0.1) is 0 Å². The van der Waals surface area contributed by atoms with Crippen LogP contribution in [0, 0.1) is 0 Å². The Balaban J connectivity index is 1.46. The van der Waals surface area contributed by atoms with Gasteiger partial charge in [-0.25, -0.2) is 0 Å². The van der Waals surface area contributed by atoms with E-state index in [9.17, 15) is 4.79 Å².